The second-order valence-corrected chi connectivity index (χ2v) is 7.29. The molecule has 2 atom stereocenters. The van der Waals surface area contributed by atoms with Gasteiger partial charge in [0.25, 0.3) is 0 Å². The monoisotopic (exact) mass is 375 g/mol. The molecule has 1 saturated carbocycles. The fraction of sp³-hybridized carbons (Fsp3) is 0.294. The number of carbonyl (C=O) groups excluding carboxylic acids is 1. The van der Waals surface area contributed by atoms with Gasteiger partial charge < -0.3 is 10.4 Å². The van der Waals surface area contributed by atoms with Crippen LogP contribution in [0.5, 0.6) is 0 Å². The molecular weight excluding hydrogens is 362 g/mol. The topological polar surface area (TPSA) is 103 Å². The zero-order valence-electron chi connectivity index (χ0n) is 13.0. The van der Waals surface area contributed by atoms with Crippen molar-refractivity contribution in [1.82, 2.24) is 4.98 Å². The van der Waals surface area contributed by atoms with E-state index >= 15 is 0 Å². The van der Waals surface area contributed by atoms with Gasteiger partial charge in [0.2, 0.25) is 5.91 Å². The van der Waals surface area contributed by atoms with E-state index in [1.807, 2.05) is 0 Å². The molecule has 2 aromatic rings. The summed E-state index contributed by atoms with van der Waals surface area (Å²) in [5, 5.41) is 21.9. The third-order valence-corrected chi connectivity index (χ3v) is 5.32. The van der Waals surface area contributed by atoms with E-state index in [0.29, 0.717) is 45.6 Å². The number of aliphatic carboxylic acids is 1. The largest absolute Gasteiger partial charge is 0.481 e. The van der Waals surface area contributed by atoms with Gasteiger partial charge in [-0.3, -0.25) is 9.59 Å². The van der Waals surface area contributed by atoms with Crippen LogP contribution in [0.25, 0.3) is 11.3 Å². The normalized spacial score (nSPS) is 19.4. The number of nitrogens with one attached hydrogen (secondary N) is 1. The van der Waals surface area contributed by atoms with Gasteiger partial charge in [-0.1, -0.05) is 35.1 Å². The molecule has 1 aliphatic carbocycles. The lowest BCUT2D eigenvalue weighted by Gasteiger charge is -2.08. The van der Waals surface area contributed by atoms with Crippen LogP contribution in [-0.2, 0) is 9.59 Å². The summed E-state index contributed by atoms with van der Waals surface area (Å²) in [6.45, 7) is 0. The Morgan fingerprint density at radius 1 is 1.36 bits per heavy atom. The number of nitrogens with zero attached hydrogens (tertiary/aromatic N) is 2. The lowest BCUT2D eigenvalue weighted by molar-refractivity contribution is -0.141. The Balaban J connectivity index is 1.77. The van der Waals surface area contributed by atoms with Crippen LogP contribution in [0, 0.1) is 23.2 Å². The van der Waals surface area contributed by atoms with Crippen molar-refractivity contribution in [2.24, 2.45) is 11.8 Å². The van der Waals surface area contributed by atoms with Gasteiger partial charge in [0.15, 0.2) is 5.13 Å². The molecule has 0 saturated heterocycles. The Bertz CT molecular complexity index is 874. The SMILES string of the molecule is N#Cc1sc(NC(=O)[C@@H]2CC[C@H](C(=O)O)C2)nc1-c1cccc(Cl)c1. The van der Waals surface area contributed by atoms with Crippen molar-refractivity contribution in [3.05, 3.63) is 34.2 Å². The third-order valence-electron chi connectivity index (χ3n) is 4.21. The summed E-state index contributed by atoms with van der Waals surface area (Å²) in [6, 6.07) is 9.07. The number of carboxylic acid groups (broad SMARTS) is 1. The molecule has 1 fully saturated rings. The first kappa shape index (κ1) is 17.4. The Morgan fingerprint density at radius 2 is 2.12 bits per heavy atom. The number of carboxylic acids is 1. The van der Waals surface area contributed by atoms with E-state index < -0.39 is 11.9 Å². The number of rotatable bonds is 4. The molecule has 0 aliphatic heterocycles. The molecule has 2 N–H and O–H groups in total. The number of halogens is 1. The summed E-state index contributed by atoms with van der Waals surface area (Å²) in [7, 11) is 0. The standard InChI is InChI=1S/C17H14ClN3O3S/c18-12-3-1-2-9(7-12)14-13(8-19)25-17(20-14)21-15(22)10-4-5-11(6-10)16(23)24/h1-3,7,10-11H,4-6H2,(H,23,24)(H,20,21,22)/t10-,11+/m1/s1. The number of hydrogen-bond donors (Lipinski definition) is 2. The van der Waals surface area contributed by atoms with Crippen molar-refractivity contribution in [2.45, 2.75) is 19.3 Å². The Kier molecular flexibility index (Phi) is 5.02. The second kappa shape index (κ2) is 7.21. The number of thiazole rings is 1. The van der Waals surface area contributed by atoms with E-state index in [4.69, 9.17) is 16.7 Å². The molecular formula is C17H14ClN3O3S. The zero-order valence-corrected chi connectivity index (χ0v) is 14.6. The summed E-state index contributed by atoms with van der Waals surface area (Å²) in [6.07, 6.45) is 1.38. The molecule has 0 spiro atoms. The van der Waals surface area contributed by atoms with E-state index in [0.717, 1.165) is 11.3 Å². The van der Waals surface area contributed by atoms with Gasteiger partial charge in [-0.05, 0) is 31.4 Å². The highest BCUT2D eigenvalue weighted by Gasteiger charge is 2.34. The fourth-order valence-electron chi connectivity index (χ4n) is 2.93. The van der Waals surface area contributed by atoms with Crippen LogP contribution < -0.4 is 5.32 Å². The lowest BCUT2D eigenvalue weighted by Crippen LogP contribution is -2.21. The van der Waals surface area contributed by atoms with Crippen molar-refractivity contribution in [2.75, 3.05) is 5.32 Å². The van der Waals surface area contributed by atoms with Gasteiger partial charge >= 0.3 is 5.97 Å². The number of amides is 1. The number of nitriles is 1. The van der Waals surface area contributed by atoms with Crippen LogP contribution in [0.4, 0.5) is 5.13 Å². The number of benzene rings is 1. The lowest BCUT2D eigenvalue weighted by atomic mass is 10.0. The summed E-state index contributed by atoms with van der Waals surface area (Å²) < 4.78 is 0. The van der Waals surface area contributed by atoms with Crippen molar-refractivity contribution in [3.63, 3.8) is 0 Å². The van der Waals surface area contributed by atoms with E-state index in [9.17, 15) is 14.9 Å². The van der Waals surface area contributed by atoms with Crippen LogP contribution >= 0.6 is 22.9 Å². The average molecular weight is 376 g/mol. The predicted octanol–water partition coefficient (Wildman–Crippen LogP) is 3.77. The quantitative estimate of drug-likeness (QED) is 0.846. The summed E-state index contributed by atoms with van der Waals surface area (Å²) in [5.74, 6) is -1.92. The molecule has 6 nitrogen and oxygen atoms in total. The molecule has 3 rings (SSSR count). The van der Waals surface area contributed by atoms with E-state index in [2.05, 4.69) is 16.4 Å². The van der Waals surface area contributed by atoms with Crippen LogP contribution in [0.15, 0.2) is 24.3 Å². The molecule has 1 aromatic heterocycles. The maximum atomic E-state index is 12.3. The van der Waals surface area contributed by atoms with E-state index in [-0.39, 0.29) is 11.8 Å². The Labute approximate surface area is 153 Å². The van der Waals surface area contributed by atoms with Crippen LogP contribution in [-0.4, -0.2) is 22.0 Å². The predicted molar refractivity (Wildman–Crippen MR) is 94.4 cm³/mol. The highest BCUT2D eigenvalue weighted by atomic mass is 35.5. The second-order valence-electron chi connectivity index (χ2n) is 5.85. The molecule has 1 amide bonds. The Morgan fingerprint density at radius 3 is 2.76 bits per heavy atom. The fourth-order valence-corrected chi connectivity index (χ4v) is 3.91. The first-order valence-corrected chi connectivity index (χ1v) is 8.88. The Hall–Kier alpha value is -2.43. The van der Waals surface area contributed by atoms with Crippen molar-refractivity contribution in [3.8, 4) is 17.3 Å². The molecule has 1 aromatic carbocycles. The van der Waals surface area contributed by atoms with Crippen molar-refractivity contribution in [1.29, 1.82) is 5.26 Å². The average Bonchev–Trinajstić information content (AvgIpc) is 3.21. The molecule has 128 valence electrons. The van der Waals surface area contributed by atoms with E-state index in [1.54, 1.807) is 24.3 Å². The van der Waals surface area contributed by atoms with Gasteiger partial charge in [-0.25, -0.2) is 4.98 Å². The number of anilines is 1. The van der Waals surface area contributed by atoms with Gasteiger partial charge in [0, 0.05) is 16.5 Å². The first-order valence-electron chi connectivity index (χ1n) is 7.68. The maximum Gasteiger partial charge on any atom is 0.306 e. The summed E-state index contributed by atoms with van der Waals surface area (Å²) >= 11 is 7.07. The van der Waals surface area contributed by atoms with Crippen LogP contribution in [0.1, 0.15) is 24.1 Å². The summed E-state index contributed by atoms with van der Waals surface area (Å²) in [5.41, 5.74) is 1.17. The number of aromatic nitrogens is 1. The molecule has 0 unspecified atom stereocenters. The van der Waals surface area contributed by atoms with Crippen molar-refractivity contribution >= 4 is 39.9 Å². The van der Waals surface area contributed by atoms with Gasteiger partial charge in [0.1, 0.15) is 16.6 Å². The van der Waals surface area contributed by atoms with Gasteiger partial charge in [-0.15, -0.1) is 0 Å². The molecule has 1 aliphatic rings. The molecule has 25 heavy (non-hydrogen) atoms. The van der Waals surface area contributed by atoms with Crippen molar-refractivity contribution < 1.29 is 14.7 Å². The number of hydrogen-bond acceptors (Lipinski definition) is 5. The highest BCUT2D eigenvalue weighted by molar-refractivity contribution is 7.16. The minimum Gasteiger partial charge on any atom is -0.481 e. The van der Waals surface area contributed by atoms with Gasteiger partial charge in [0.05, 0.1) is 5.92 Å². The maximum absolute atomic E-state index is 12.3. The minimum absolute atomic E-state index is 0.250. The summed E-state index contributed by atoms with van der Waals surface area (Å²) in [4.78, 5) is 28.1. The van der Waals surface area contributed by atoms with Crippen LogP contribution in [0.2, 0.25) is 5.02 Å². The van der Waals surface area contributed by atoms with E-state index in [1.165, 1.54) is 0 Å². The molecule has 8 heteroatoms. The van der Waals surface area contributed by atoms with Crippen LogP contribution in [0.3, 0.4) is 0 Å². The molecule has 0 bridgehead atoms. The van der Waals surface area contributed by atoms with Gasteiger partial charge in [-0.2, -0.15) is 5.26 Å². The molecule has 0 radical (unpaired) electrons. The molecule has 1 heterocycles. The highest BCUT2D eigenvalue weighted by Crippen LogP contribution is 2.34. The zero-order chi connectivity index (χ0) is 18.0. The first-order chi connectivity index (χ1) is 12.0. The number of carbonyl (C=O) groups is 2. The smallest absolute Gasteiger partial charge is 0.306 e. The minimum atomic E-state index is -0.862. The third kappa shape index (κ3) is 3.81.